The van der Waals surface area contributed by atoms with Crippen molar-refractivity contribution in [3.63, 3.8) is 0 Å². The first-order valence-electron chi connectivity index (χ1n) is 5.76. The fourth-order valence-corrected chi connectivity index (χ4v) is 2.50. The number of rotatable bonds is 4. The average Bonchev–Trinajstić information content (AvgIpc) is 2.76. The molecule has 0 fully saturated rings. The van der Waals surface area contributed by atoms with Crippen LogP contribution in [0.4, 0.5) is 0 Å². The van der Waals surface area contributed by atoms with Gasteiger partial charge in [-0.05, 0) is 47.7 Å². The summed E-state index contributed by atoms with van der Waals surface area (Å²) >= 11 is 15.5. The third-order valence-electron chi connectivity index (χ3n) is 2.76. The van der Waals surface area contributed by atoms with E-state index in [9.17, 15) is 0 Å². The zero-order chi connectivity index (χ0) is 14.0. The highest BCUT2D eigenvalue weighted by molar-refractivity contribution is 9.10. The van der Waals surface area contributed by atoms with Crippen LogP contribution in [0.2, 0.25) is 10.0 Å². The highest BCUT2D eigenvalue weighted by Gasteiger charge is 2.17. The summed E-state index contributed by atoms with van der Waals surface area (Å²) in [6.45, 7) is 0.825. The van der Waals surface area contributed by atoms with E-state index in [1.807, 2.05) is 43.2 Å². The van der Waals surface area contributed by atoms with E-state index in [0.717, 1.165) is 16.6 Å². The molecule has 0 saturated heterocycles. The molecule has 1 aromatic heterocycles. The number of benzene rings is 1. The smallest absolute Gasteiger partial charge is 0.0896 e. The van der Waals surface area contributed by atoms with Crippen LogP contribution in [-0.2, 0) is 0 Å². The van der Waals surface area contributed by atoms with Gasteiger partial charge in [-0.2, -0.15) is 5.10 Å². The van der Waals surface area contributed by atoms with E-state index in [2.05, 4.69) is 25.9 Å². The number of hydrogen-bond donors (Lipinski definition) is 0. The molecule has 0 aliphatic carbocycles. The van der Waals surface area contributed by atoms with Crippen molar-refractivity contribution >= 4 is 39.1 Å². The molecule has 0 amide bonds. The molecule has 1 unspecified atom stereocenters. The highest BCUT2D eigenvalue weighted by Crippen LogP contribution is 2.28. The molecule has 19 heavy (non-hydrogen) atoms. The summed E-state index contributed by atoms with van der Waals surface area (Å²) in [7, 11) is 4.06. The SMILES string of the molecule is CN(C)CC(c1ccc(Cl)c(Cl)c1)n1cc(Br)cn1. The summed E-state index contributed by atoms with van der Waals surface area (Å²) in [5.41, 5.74) is 1.08. The third kappa shape index (κ3) is 3.72. The molecule has 0 radical (unpaired) electrons. The Bertz CT molecular complexity index is 569. The van der Waals surface area contributed by atoms with Gasteiger partial charge in [-0.1, -0.05) is 29.3 Å². The van der Waals surface area contributed by atoms with Crippen LogP contribution in [0.3, 0.4) is 0 Å². The molecule has 1 heterocycles. The molecule has 1 atom stereocenters. The van der Waals surface area contributed by atoms with Crippen LogP contribution in [0.15, 0.2) is 35.1 Å². The van der Waals surface area contributed by atoms with Crippen molar-refractivity contribution in [2.75, 3.05) is 20.6 Å². The van der Waals surface area contributed by atoms with Gasteiger partial charge in [0.15, 0.2) is 0 Å². The minimum atomic E-state index is 0.0936. The van der Waals surface area contributed by atoms with Crippen LogP contribution in [-0.4, -0.2) is 35.3 Å². The Hall–Kier alpha value is -0.550. The number of likely N-dealkylation sites (N-methyl/N-ethyl adjacent to an activating group) is 1. The summed E-state index contributed by atoms with van der Waals surface area (Å²) in [5.74, 6) is 0. The molecule has 102 valence electrons. The summed E-state index contributed by atoms with van der Waals surface area (Å²) in [6, 6.07) is 5.79. The molecular formula is C13H14BrCl2N3. The van der Waals surface area contributed by atoms with Gasteiger partial charge >= 0.3 is 0 Å². The monoisotopic (exact) mass is 361 g/mol. The fourth-order valence-electron chi connectivity index (χ4n) is 1.89. The molecule has 0 saturated carbocycles. The lowest BCUT2D eigenvalue weighted by molar-refractivity contribution is 0.336. The summed E-state index contributed by atoms with van der Waals surface area (Å²) in [5, 5.41) is 5.49. The second-order valence-electron chi connectivity index (χ2n) is 4.59. The molecule has 3 nitrogen and oxygen atoms in total. The van der Waals surface area contributed by atoms with Crippen molar-refractivity contribution in [3.05, 3.63) is 50.7 Å². The van der Waals surface area contributed by atoms with Gasteiger partial charge in [0.1, 0.15) is 0 Å². The molecule has 0 bridgehead atoms. The molecule has 2 rings (SSSR count). The Morgan fingerprint density at radius 3 is 2.58 bits per heavy atom. The largest absolute Gasteiger partial charge is 0.307 e. The molecule has 0 N–H and O–H groups in total. The maximum atomic E-state index is 6.10. The normalized spacial score (nSPS) is 12.9. The van der Waals surface area contributed by atoms with Crippen molar-refractivity contribution < 1.29 is 0 Å². The van der Waals surface area contributed by atoms with Gasteiger partial charge in [0, 0.05) is 12.7 Å². The van der Waals surface area contributed by atoms with Gasteiger partial charge < -0.3 is 4.90 Å². The Labute approximate surface area is 131 Å². The molecule has 2 aromatic rings. The van der Waals surface area contributed by atoms with Crippen LogP contribution in [0, 0.1) is 0 Å². The number of halogens is 3. The molecule has 6 heteroatoms. The summed E-state index contributed by atoms with van der Waals surface area (Å²) < 4.78 is 2.88. The van der Waals surface area contributed by atoms with Crippen molar-refractivity contribution in [2.24, 2.45) is 0 Å². The lowest BCUT2D eigenvalue weighted by atomic mass is 10.1. The van der Waals surface area contributed by atoms with E-state index in [-0.39, 0.29) is 6.04 Å². The topological polar surface area (TPSA) is 21.1 Å². The third-order valence-corrected chi connectivity index (χ3v) is 3.90. The average molecular weight is 363 g/mol. The zero-order valence-electron chi connectivity index (χ0n) is 10.6. The van der Waals surface area contributed by atoms with Crippen molar-refractivity contribution in [2.45, 2.75) is 6.04 Å². The Kier molecular flexibility index (Phi) is 4.90. The van der Waals surface area contributed by atoms with Crippen molar-refractivity contribution in [1.29, 1.82) is 0 Å². The van der Waals surface area contributed by atoms with Crippen LogP contribution < -0.4 is 0 Å². The first-order chi connectivity index (χ1) is 8.97. The summed E-state index contributed by atoms with van der Waals surface area (Å²) in [6.07, 6.45) is 3.73. The number of nitrogens with zero attached hydrogens (tertiary/aromatic N) is 3. The fraction of sp³-hybridized carbons (Fsp3) is 0.308. The Morgan fingerprint density at radius 2 is 2.05 bits per heavy atom. The van der Waals surface area contributed by atoms with Gasteiger partial charge in [0.25, 0.3) is 0 Å². The standard InChI is InChI=1S/C13H14BrCl2N3/c1-18(2)8-13(19-7-10(14)6-17-19)9-3-4-11(15)12(16)5-9/h3-7,13H,8H2,1-2H3. The minimum Gasteiger partial charge on any atom is -0.307 e. The van der Waals surface area contributed by atoms with E-state index in [0.29, 0.717) is 10.0 Å². The lowest BCUT2D eigenvalue weighted by Crippen LogP contribution is -2.25. The van der Waals surface area contributed by atoms with E-state index in [4.69, 9.17) is 23.2 Å². The van der Waals surface area contributed by atoms with Crippen LogP contribution in [0.5, 0.6) is 0 Å². The van der Waals surface area contributed by atoms with E-state index in [1.165, 1.54) is 0 Å². The van der Waals surface area contributed by atoms with Gasteiger partial charge in [-0.3, -0.25) is 4.68 Å². The van der Waals surface area contributed by atoms with Gasteiger partial charge in [-0.25, -0.2) is 0 Å². The molecule has 0 aliphatic heterocycles. The maximum Gasteiger partial charge on any atom is 0.0896 e. The lowest BCUT2D eigenvalue weighted by Gasteiger charge is -2.22. The predicted octanol–water partition coefficient (Wildman–Crippen LogP) is 4.10. The second-order valence-corrected chi connectivity index (χ2v) is 6.32. The highest BCUT2D eigenvalue weighted by atomic mass is 79.9. The molecule has 0 spiro atoms. The van der Waals surface area contributed by atoms with E-state index < -0.39 is 0 Å². The van der Waals surface area contributed by atoms with E-state index >= 15 is 0 Å². The first-order valence-corrected chi connectivity index (χ1v) is 7.31. The van der Waals surface area contributed by atoms with Crippen LogP contribution in [0.25, 0.3) is 0 Å². The van der Waals surface area contributed by atoms with Gasteiger partial charge in [0.05, 0.1) is 26.8 Å². The minimum absolute atomic E-state index is 0.0936. The van der Waals surface area contributed by atoms with Gasteiger partial charge in [-0.15, -0.1) is 0 Å². The maximum absolute atomic E-state index is 6.10. The van der Waals surface area contributed by atoms with E-state index in [1.54, 1.807) is 6.20 Å². The number of aromatic nitrogens is 2. The molecule has 0 aliphatic rings. The van der Waals surface area contributed by atoms with Crippen molar-refractivity contribution in [3.8, 4) is 0 Å². The number of hydrogen-bond acceptors (Lipinski definition) is 2. The summed E-state index contributed by atoms with van der Waals surface area (Å²) in [4.78, 5) is 2.11. The second kappa shape index (κ2) is 6.27. The van der Waals surface area contributed by atoms with Crippen molar-refractivity contribution in [1.82, 2.24) is 14.7 Å². The Morgan fingerprint density at radius 1 is 1.32 bits per heavy atom. The zero-order valence-corrected chi connectivity index (χ0v) is 13.7. The van der Waals surface area contributed by atoms with Crippen LogP contribution >= 0.6 is 39.1 Å². The van der Waals surface area contributed by atoms with Gasteiger partial charge in [0.2, 0.25) is 0 Å². The van der Waals surface area contributed by atoms with Crippen LogP contribution in [0.1, 0.15) is 11.6 Å². The Balaban J connectivity index is 2.39. The quantitative estimate of drug-likeness (QED) is 0.816. The molecular weight excluding hydrogens is 349 g/mol. The first kappa shape index (κ1) is 14.9. The molecule has 1 aromatic carbocycles. The predicted molar refractivity (Wildman–Crippen MR) is 83.1 cm³/mol.